The van der Waals surface area contributed by atoms with Crippen molar-refractivity contribution in [1.82, 2.24) is 0 Å². The molecule has 0 radical (unpaired) electrons. The molecule has 0 amide bonds. The zero-order valence-corrected chi connectivity index (χ0v) is 29.1. The first-order valence-electron chi connectivity index (χ1n) is 13.5. The molecule has 4 atom stereocenters. The summed E-state index contributed by atoms with van der Waals surface area (Å²) in [5, 5.41) is 22.7. The van der Waals surface area contributed by atoms with E-state index in [0.717, 1.165) is 24.3 Å². The molecule has 0 N–H and O–H groups in total. The van der Waals surface area contributed by atoms with Gasteiger partial charge in [0.1, 0.15) is 0 Å². The van der Waals surface area contributed by atoms with Crippen molar-refractivity contribution in [1.29, 1.82) is 0 Å². The molecule has 13 heteroatoms. The Hall–Kier alpha value is -0.230. The second-order valence-corrected chi connectivity index (χ2v) is 21.6. The van der Waals surface area contributed by atoms with Gasteiger partial charge < -0.3 is 4.43 Å². The van der Waals surface area contributed by atoms with Gasteiger partial charge in [0.15, 0.2) is 8.32 Å². The fourth-order valence-electron chi connectivity index (χ4n) is 5.88. The minimum absolute atomic E-state index is 0.0318. The van der Waals surface area contributed by atoms with Crippen LogP contribution in [-0.2, 0) is 15.3 Å². The van der Waals surface area contributed by atoms with Crippen molar-refractivity contribution in [3.8, 4) is 0 Å². The van der Waals surface area contributed by atoms with Gasteiger partial charge in [-0.25, -0.2) is 0 Å². The second-order valence-electron chi connectivity index (χ2n) is 12.1. The molecular formula is C25H46Br2N4NiO5Si. The summed E-state index contributed by atoms with van der Waals surface area (Å²) in [5.41, 5.74) is 1.86. The third-order valence-corrected chi connectivity index (χ3v) is 8.73. The molecule has 38 heavy (non-hydrogen) atoms. The topological polar surface area (TPSA) is 120 Å². The van der Waals surface area contributed by atoms with Gasteiger partial charge in [0.2, 0.25) is 12.1 Å². The Morgan fingerprint density at radius 3 is 1.58 bits per heavy atom. The number of aliphatic imine (C=N–C) groups is 2. The molecule has 2 rings (SSSR count). The van der Waals surface area contributed by atoms with E-state index in [1.165, 1.54) is 10.9 Å². The van der Waals surface area contributed by atoms with Gasteiger partial charge in [0, 0.05) is 42.1 Å². The van der Waals surface area contributed by atoms with E-state index in [4.69, 9.17) is 14.4 Å². The average Bonchev–Trinajstić information content (AvgIpc) is 2.79. The average molecular weight is 729 g/mol. The van der Waals surface area contributed by atoms with Gasteiger partial charge in [0.25, 0.3) is 0 Å². The summed E-state index contributed by atoms with van der Waals surface area (Å²) < 4.78 is 6.06. The molecule has 0 saturated heterocycles. The Morgan fingerprint density at radius 1 is 0.868 bits per heavy atom. The summed E-state index contributed by atoms with van der Waals surface area (Å²) in [7, 11) is -0.348. The van der Waals surface area contributed by atoms with E-state index in [0.29, 0.717) is 32.3 Å². The summed E-state index contributed by atoms with van der Waals surface area (Å²) in [6.45, 7) is 17.5. The van der Waals surface area contributed by atoms with Crippen LogP contribution in [0.5, 0.6) is 0 Å². The number of hydrogen-bond acceptors (Lipinski definition) is 7. The quantitative estimate of drug-likeness (QED) is 0.0765. The Morgan fingerprint density at radius 2 is 1.24 bits per heavy atom. The Kier molecular flexibility index (Phi) is 15.9. The zero-order chi connectivity index (χ0) is 29.2. The maximum atomic E-state index is 11.4. The second kappa shape index (κ2) is 16.9. The predicted octanol–water partition coefficient (Wildman–Crippen LogP) is 7.37. The summed E-state index contributed by atoms with van der Waals surface area (Å²) in [4.78, 5) is 32.7. The van der Waals surface area contributed by atoms with Gasteiger partial charge in [0.05, 0.1) is 23.5 Å². The normalized spacial score (nSPS) is 32.9. The van der Waals surface area contributed by atoms with Crippen molar-refractivity contribution >= 4 is 48.2 Å². The molecule has 9 nitrogen and oxygen atoms in total. The monoisotopic (exact) mass is 726 g/mol. The molecule has 0 bridgehead atoms. The van der Waals surface area contributed by atoms with E-state index in [-0.39, 0.29) is 45.6 Å². The first-order chi connectivity index (χ1) is 17.6. The van der Waals surface area contributed by atoms with Crippen LogP contribution in [0.4, 0.5) is 0 Å². The van der Waals surface area contributed by atoms with Crippen molar-refractivity contribution in [2.24, 2.45) is 33.7 Å². The third-order valence-electron chi connectivity index (χ3n) is 7.66. The zero-order valence-electron chi connectivity index (χ0n) is 24.0. The van der Waals surface area contributed by atoms with Crippen LogP contribution in [0.25, 0.3) is 0 Å². The van der Waals surface area contributed by atoms with E-state index < -0.39 is 20.4 Å². The van der Waals surface area contributed by atoms with Crippen LogP contribution in [0.3, 0.4) is 0 Å². The van der Waals surface area contributed by atoms with Crippen molar-refractivity contribution < 1.29 is 25.2 Å². The van der Waals surface area contributed by atoms with Crippen molar-refractivity contribution in [2.75, 3.05) is 6.61 Å². The van der Waals surface area contributed by atoms with Gasteiger partial charge in [-0.1, -0.05) is 27.7 Å². The van der Waals surface area contributed by atoms with Gasteiger partial charge >= 0.3 is 39.3 Å². The molecule has 0 heterocycles. The molecule has 4 unspecified atom stereocenters. The maximum absolute atomic E-state index is 11.4. The summed E-state index contributed by atoms with van der Waals surface area (Å²) >= 11 is 6.00. The Balaban J connectivity index is 0.00000229. The number of hydrogen-bond donors (Lipinski definition) is 0. The molecule has 2 fully saturated rings. The SMILES string of the molecule is CC(=NC1C(C)CC([N+](=O)[O-])CC1C)C(CCCO[Si](C)(C)C)=NC1C(C)CC([N+](=O)[O-])CC1C.[Br][Ni][Br]. The van der Waals surface area contributed by atoms with E-state index in [9.17, 15) is 20.2 Å². The van der Waals surface area contributed by atoms with E-state index in [1.54, 1.807) is 0 Å². The van der Waals surface area contributed by atoms with Crippen molar-refractivity contribution in [2.45, 2.75) is 117 Å². The Labute approximate surface area is 249 Å². The van der Waals surface area contributed by atoms with Crippen LogP contribution in [0.15, 0.2) is 9.98 Å². The van der Waals surface area contributed by atoms with Crippen molar-refractivity contribution in [3.63, 3.8) is 0 Å². The first-order valence-corrected chi connectivity index (χ1v) is 21.7. The van der Waals surface area contributed by atoms with Gasteiger partial charge in [-0.05, 0) is 63.1 Å². The summed E-state index contributed by atoms with van der Waals surface area (Å²) in [6, 6.07) is -0.913. The molecular weight excluding hydrogens is 683 g/mol. The van der Waals surface area contributed by atoms with E-state index in [1.807, 2.05) is 6.92 Å². The molecule has 0 aliphatic heterocycles. The van der Waals surface area contributed by atoms with Gasteiger partial charge in [-0.15, -0.1) is 0 Å². The van der Waals surface area contributed by atoms with Crippen molar-refractivity contribution in [3.05, 3.63) is 20.2 Å². The predicted molar refractivity (Wildman–Crippen MR) is 161 cm³/mol. The van der Waals surface area contributed by atoms with E-state index in [2.05, 4.69) is 75.8 Å². The van der Waals surface area contributed by atoms with Crippen LogP contribution in [0, 0.1) is 43.9 Å². The number of nitro groups is 2. The van der Waals surface area contributed by atoms with Crippen LogP contribution < -0.4 is 0 Å². The van der Waals surface area contributed by atoms with E-state index >= 15 is 0 Å². The molecule has 0 aromatic heterocycles. The number of halogens is 2. The number of rotatable bonds is 10. The van der Waals surface area contributed by atoms with Crippen LogP contribution in [0.2, 0.25) is 19.6 Å². The summed E-state index contributed by atoms with van der Waals surface area (Å²) in [6.07, 6.45) is 3.80. The van der Waals surface area contributed by atoms with Crippen LogP contribution in [-0.4, -0.2) is 60.4 Å². The van der Waals surface area contributed by atoms with Crippen LogP contribution in [0.1, 0.15) is 73.1 Å². The van der Waals surface area contributed by atoms with Gasteiger partial charge in [-0.3, -0.25) is 30.2 Å². The fourth-order valence-corrected chi connectivity index (χ4v) is 6.63. The molecule has 2 aliphatic carbocycles. The van der Waals surface area contributed by atoms with Gasteiger partial charge in [-0.2, -0.15) is 0 Å². The first kappa shape index (κ1) is 35.8. The number of nitrogens with zero attached hydrogens (tertiary/aromatic N) is 4. The molecule has 2 aliphatic rings. The summed E-state index contributed by atoms with van der Waals surface area (Å²) in [5.74, 6) is 0.523. The molecule has 224 valence electrons. The van der Waals surface area contributed by atoms with Crippen LogP contribution >= 0.6 is 28.5 Å². The minimum atomic E-state index is -1.60. The molecule has 0 spiro atoms. The Bertz CT molecular complexity index is 821. The molecule has 2 saturated carbocycles. The molecule has 0 aromatic rings. The molecule has 0 aromatic carbocycles. The standard InChI is InChI=1S/C25H46N4O5Si.2BrH.Ni/c1-16-12-21(28(30)31)13-17(2)24(16)26-20(5)23(10-9-11-34-35(6,7)8)27-25-18(3)14-22(29(32)33)15-19(25)4;;;/h16-19,21-22,24-25H,9-15H2,1-8H3;2*1H;/q;;;+2/p-2. The third kappa shape index (κ3) is 12.1. The fraction of sp³-hybridized carbons (Fsp3) is 0.920.